The lowest BCUT2D eigenvalue weighted by molar-refractivity contribution is 0.0997. The van der Waals surface area contributed by atoms with Crippen molar-refractivity contribution < 1.29 is 9.21 Å². The number of halogens is 4. The van der Waals surface area contributed by atoms with E-state index in [9.17, 15) is 4.79 Å². The molecule has 0 atom stereocenters. The molecule has 9 heteroatoms. The normalized spacial score (nSPS) is 11.1. The van der Waals surface area contributed by atoms with Crippen molar-refractivity contribution in [3.63, 3.8) is 0 Å². The summed E-state index contributed by atoms with van der Waals surface area (Å²) in [5, 5.41) is 4.60. The third kappa shape index (κ3) is 3.53. The van der Waals surface area contributed by atoms with Crippen molar-refractivity contribution in [2.24, 2.45) is 0 Å². The van der Waals surface area contributed by atoms with Gasteiger partial charge in [-0.05, 0) is 36.4 Å². The molecule has 2 heterocycles. The molecule has 1 N–H and O–H groups in total. The second-order valence-electron chi connectivity index (χ2n) is 5.45. The van der Waals surface area contributed by atoms with Crippen LogP contribution in [0.15, 0.2) is 46.9 Å². The number of hydrogen-bond acceptors (Lipinski definition) is 4. The first-order valence-corrected chi connectivity index (χ1v) is 9.87. The average Bonchev–Trinajstić information content (AvgIpc) is 3.28. The summed E-state index contributed by atoms with van der Waals surface area (Å²) in [6, 6.07) is 11.9. The molecule has 0 saturated carbocycles. The van der Waals surface area contributed by atoms with Crippen LogP contribution in [0.5, 0.6) is 0 Å². The first-order chi connectivity index (χ1) is 12.9. The van der Waals surface area contributed by atoms with Gasteiger partial charge in [0.15, 0.2) is 10.9 Å². The number of amides is 1. The Kier molecular flexibility index (Phi) is 5.05. The van der Waals surface area contributed by atoms with Crippen LogP contribution >= 0.6 is 57.7 Å². The Morgan fingerprint density at radius 1 is 0.963 bits per heavy atom. The van der Waals surface area contributed by atoms with Gasteiger partial charge in [0, 0.05) is 5.56 Å². The molecular weight excluding hydrogens is 450 g/mol. The molecule has 0 aliphatic heterocycles. The number of thiazole rings is 1. The molecule has 4 rings (SSSR count). The smallest absolute Gasteiger partial charge is 0.293 e. The van der Waals surface area contributed by atoms with Gasteiger partial charge in [-0.15, -0.1) is 0 Å². The van der Waals surface area contributed by atoms with E-state index in [2.05, 4.69) is 10.3 Å². The SMILES string of the molecule is O=C(Nc1nc2c(Cl)c(Cl)ccc2s1)c1ccc(-c2cccc(Cl)c2Cl)o1. The number of carbonyl (C=O) groups excluding carboxylic acids is 1. The maximum Gasteiger partial charge on any atom is 0.293 e. The number of nitrogens with one attached hydrogen (secondary N) is 1. The Bertz CT molecular complexity index is 1190. The molecule has 4 aromatic rings. The number of fused-ring (bicyclic) bond motifs is 1. The largest absolute Gasteiger partial charge is 0.451 e. The van der Waals surface area contributed by atoms with Crippen molar-refractivity contribution >= 4 is 79.0 Å². The van der Waals surface area contributed by atoms with E-state index in [1.54, 1.807) is 42.5 Å². The van der Waals surface area contributed by atoms with E-state index in [0.29, 0.717) is 42.1 Å². The topological polar surface area (TPSA) is 55.1 Å². The second-order valence-corrected chi connectivity index (χ2v) is 8.05. The van der Waals surface area contributed by atoms with Crippen LogP contribution in [0, 0.1) is 0 Å². The molecule has 0 radical (unpaired) electrons. The highest BCUT2D eigenvalue weighted by atomic mass is 35.5. The van der Waals surface area contributed by atoms with E-state index in [1.165, 1.54) is 11.3 Å². The number of hydrogen-bond donors (Lipinski definition) is 1. The zero-order valence-electron chi connectivity index (χ0n) is 13.2. The van der Waals surface area contributed by atoms with Crippen LogP contribution in [0.2, 0.25) is 20.1 Å². The number of anilines is 1. The summed E-state index contributed by atoms with van der Waals surface area (Å²) in [6.07, 6.45) is 0. The molecular formula is C18H8Cl4N2O2S. The maximum absolute atomic E-state index is 12.5. The van der Waals surface area contributed by atoms with Gasteiger partial charge >= 0.3 is 0 Å². The zero-order valence-corrected chi connectivity index (χ0v) is 17.1. The predicted octanol–water partition coefficient (Wildman–Crippen LogP) is 7.42. The Balaban J connectivity index is 1.60. The van der Waals surface area contributed by atoms with Crippen molar-refractivity contribution in [2.75, 3.05) is 5.32 Å². The highest BCUT2D eigenvalue weighted by Gasteiger charge is 2.17. The van der Waals surface area contributed by atoms with Gasteiger partial charge in [-0.25, -0.2) is 4.98 Å². The number of rotatable bonds is 3. The Morgan fingerprint density at radius 3 is 2.56 bits per heavy atom. The standard InChI is InChI=1S/C18H8Cl4N2O2S/c19-9-3-1-2-8(14(9)21)11-5-6-12(26-11)17(25)24-18-23-16-13(27-18)7-4-10(20)15(16)22/h1-7H,(H,23,24,25). The fraction of sp³-hybridized carbons (Fsp3) is 0. The number of carbonyl (C=O) groups is 1. The highest BCUT2D eigenvalue weighted by Crippen LogP contribution is 2.36. The van der Waals surface area contributed by atoms with Gasteiger partial charge in [-0.3, -0.25) is 10.1 Å². The summed E-state index contributed by atoms with van der Waals surface area (Å²) in [4.78, 5) is 16.8. The van der Waals surface area contributed by atoms with E-state index in [4.69, 9.17) is 50.8 Å². The monoisotopic (exact) mass is 456 g/mol. The molecule has 27 heavy (non-hydrogen) atoms. The van der Waals surface area contributed by atoms with Crippen LogP contribution in [0.1, 0.15) is 10.6 Å². The van der Waals surface area contributed by atoms with Gasteiger partial charge in [-0.2, -0.15) is 0 Å². The molecule has 2 aromatic carbocycles. The highest BCUT2D eigenvalue weighted by molar-refractivity contribution is 7.22. The van der Waals surface area contributed by atoms with Gasteiger partial charge in [0.2, 0.25) is 0 Å². The quantitative estimate of drug-likeness (QED) is 0.348. The molecule has 0 fully saturated rings. The number of aromatic nitrogens is 1. The van der Waals surface area contributed by atoms with E-state index in [-0.39, 0.29) is 5.76 Å². The minimum absolute atomic E-state index is 0.115. The Morgan fingerprint density at radius 2 is 1.74 bits per heavy atom. The second kappa shape index (κ2) is 7.34. The summed E-state index contributed by atoms with van der Waals surface area (Å²) in [5.41, 5.74) is 1.14. The molecule has 0 unspecified atom stereocenters. The van der Waals surface area contributed by atoms with E-state index >= 15 is 0 Å². The lowest BCUT2D eigenvalue weighted by Gasteiger charge is -2.02. The van der Waals surface area contributed by atoms with Gasteiger partial charge in [0.1, 0.15) is 11.3 Å². The van der Waals surface area contributed by atoms with Crippen LogP contribution in [0.4, 0.5) is 5.13 Å². The number of furan rings is 1. The Labute approximate surface area is 177 Å². The number of benzene rings is 2. The molecule has 0 saturated heterocycles. The molecule has 0 spiro atoms. The third-order valence-corrected chi connectivity index (χ3v) is 6.27. The van der Waals surface area contributed by atoms with Crippen LogP contribution in [-0.4, -0.2) is 10.9 Å². The van der Waals surface area contributed by atoms with Gasteiger partial charge in [0.05, 0.1) is 24.8 Å². The molecule has 4 nitrogen and oxygen atoms in total. The lowest BCUT2D eigenvalue weighted by atomic mass is 10.2. The van der Waals surface area contributed by atoms with Crippen molar-refractivity contribution in [3.05, 3.63) is 68.3 Å². The maximum atomic E-state index is 12.5. The summed E-state index contributed by atoms with van der Waals surface area (Å²) in [5.74, 6) is 0.108. The first kappa shape index (κ1) is 18.6. The molecule has 0 aliphatic rings. The van der Waals surface area contributed by atoms with Gasteiger partial charge in [-0.1, -0.05) is 63.8 Å². The van der Waals surface area contributed by atoms with Crippen molar-refractivity contribution in [3.8, 4) is 11.3 Å². The third-order valence-electron chi connectivity index (χ3n) is 3.72. The summed E-state index contributed by atoms with van der Waals surface area (Å²) >= 11 is 25.6. The van der Waals surface area contributed by atoms with E-state index in [1.807, 2.05) is 0 Å². The minimum atomic E-state index is -0.444. The van der Waals surface area contributed by atoms with Gasteiger partial charge < -0.3 is 4.42 Å². The summed E-state index contributed by atoms with van der Waals surface area (Å²) in [7, 11) is 0. The summed E-state index contributed by atoms with van der Waals surface area (Å²) < 4.78 is 6.44. The lowest BCUT2D eigenvalue weighted by Crippen LogP contribution is -2.10. The van der Waals surface area contributed by atoms with E-state index in [0.717, 1.165) is 4.70 Å². The van der Waals surface area contributed by atoms with Crippen molar-refractivity contribution in [1.29, 1.82) is 0 Å². The van der Waals surface area contributed by atoms with Crippen LogP contribution in [-0.2, 0) is 0 Å². The van der Waals surface area contributed by atoms with Crippen molar-refractivity contribution in [2.45, 2.75) is 0 Å². The summed E-state index contributed by atoms with van der Waals surface area (Å²) in [6.45, 7) is 0. The van der Waals surface area contributed by atoms with Crippen LogP contribution in [0.25, 0.3) is 21.5 Å². The Hall–Kier alpha value is -1.76. The fourth-order valence-corrected chi connectivity index (χ4v) is 4.13. The molecule has 2 aromatic heterocycles. The average molecular weight is 458 g/mol. The minimum Gasteiger partial charge on any atom is -0.451 e. The first-order valence-electron chi connectivity index (χ1n) is 7.54. The van der Waals surface area contributed by atoms with Crippen LogP contribution < -0.4 is 5.32 Å². The van der Waals surface area contributed by atoms with Crippen molar-refractivity contribution in [1.82, 2.24) is 4.98 Å². The molecule has 136 valence electrons. The molecule has 0 bridgehead atoms. The van der Waals surface area contributed by atoms with E-state index < -0.39 is 5.91 Å². The predicted molar refractivity (Wildman–Crippen MR) is 112 cm³/mol. The number of nitrogens with zero attached hydrogens (tertiary/aromatic N) is 1. The zero-order chi connectivity index (χ0) is 19.1. The molecule has 0 aliphatic carbocycles. The fourth-order valence-electron chi connectivity index (χ4n) is 2.45. The molecule has 1 amide bonds. The van der Waals surface area contributed by atoms with Gasteiger partial charge in [0.25, 0.3) is 5.91 Å². The van der Waals surface area contributed by atoms with Crippen LogP contribution in [0.3, 0.4) is 0 Å².